The van der Waals surface area contributed by atoms with Crippen molar-refractivity contribution in [2.24, 2.45) is 0 Å². The number of amides is 4. The van der Waals surface area contributed by atoms with Crippen molar-refractivity contribution in [2.45, 2.75) is 38.0 Å². The number of hydrogen-bond donors (Lipinski definition) is 1. The van der Waals surface area contributed by atoms with Crippen LogP contribution in [-0.4, -0.2) is 62.3 Å². The number of carbonyl (C=O) groups is 4. The van der Waals surface area contributed by atoms with Crippen LogP contribution >= 0.6 is 0 Å². The van der Waals surface area contributed by atoms with E-state index in [-0.39, 0.29) is 28.2 Å². The lowest BCUT2D eigenvalue weighted by Crippen LogP contribution is -2.40. The van der Waals surface area contributed by atoms with Gasteiger partial charge in [0.15, 0.2) is 9.84 Å². The van der Waals surface area contributed by atoms with Crippen LogP contribution < -0.4 is 10.2 Å². The van der Waals surface area contributed by atoms with Crippen molar-refractivity contribution >= 4 is 82.2 Å². The average molecular weight is 672 g/mol. The third kappa shape index (κ3) is 4.50. The Labute approximate surface area is 282 Å². The summed E-state index contributed by atoms with van der Waals surface area (Å²) in [7, 11) is -3.56. The largest absolute Gasteiger partial charge is 0.316 e. The van der Waals surface area contributed by atoms with Gasteiger partial charge in [0.25, 0.3) is 23.6 Å². The molecule has 0 aromatic heterocycles. The second-order valence-corrected chi connectivity index (χ2v) is 14.9. The van der Waals surface area contributed by atoms with Crippen molar-refractivity contribution in [3.8, 4) is 0 Å². The van der Waals surface area contributed by atoms with Crippen molar-refractivity contribution in [3.05, 3.63) is 95.1 Å². The summed E-state index contributed by atoms with van der Waals surface area (Å²) >= 11 is 0. The SMILES string of the molecule is CCCCNCCS(=O)(=O)c1ccc(N2C(=O)c3ccc4c5ccc6c7c(ccc(c8ccc(c3c48)C2=O)c75)C(=O)N(CCC)C6=O)cc1. The van der Waals surface area contributed by atoms with Crippen LogP contribution in [0.1, 0.15) is 74.5 Å². The second-order valence-electron chi connectivity index (χ2n) is 12.8. The topological polar surface area (TPSA) is 121 Å². The Morgan fingerprint density at radius 1 is 0.551 bits per heavy atom. The number of nitrogens with one attached hydrogen (secondary N) is 1. The molecule has 0 saturated carbocycles. The van der Waals surface area contributed by atoms with E-state index in [0.29, 0.717) is 52.5 Å². The predicted molar refractivity (Wildman–Crippen MR) is 191 cm³/mol. The molecule has 9 nitrogen and oxygen atoms in total. The first-order valence-corrected chi connectivity index (χ1v) is 18.3. The van der Waals surface area contributed by atoms with E-state index in [1.165, 1.54) is 29.2 Å². The smallest absolute Gasteiger partial charge is 0.265 e. The molecule has 8 rings (SSSR count). The molecule has 0 radical (unpaired) electrons. The maximum Gasteiger partial charge on any atom is 0.265 e. The fraction of sp³-hybridized carbons (Fsp3) is 0.231. The highest BCUT2D eigenvalue weighted by Crippen LogP contribution is 2.46. The molecule has 246 valence electrons. The highest BCUT2D eigenvalue weighted by Gasteiger charge is 2.37. The van der Waals surface area contributed by atoms with Gasteiger partial charge >= 0.3 is 0 Å². The molecule has 10 heteroatoms. The van der Waals surface area contributed by atoms with Crippen molar-refractivity contribution in [1.82, 2.24) is 10.2 Å². The lowest BCUT2D eigenvalue weighted by atomic mass is 9.82. The van der Waals surface area contributed by atoms with Gasteiger partial charge in [0.2, 0.25) is 0 Å². The number of imide groups is 2. The van der Waals surface area contributed by atoms with Gasteiger partial charge in [-0.1, -0.05) is 44.5 Å². The highest BCUT2D eigenvalue weighted by atomic mass is 32.2. The van der Waals surface area contributed by atoms with Crippen molar-refractivity contribution in [1.29, 1.82) is 0 Å². The van der Waals surface area contributed by atoms with Crippen LogP contribution in [0.4, 0.5) is 5.69 Å². The van der Waals surface area contributed by atoms with Crippen LogP contribution in [0.5, 0.6) is 0 Å². The first kappa shape index (κ1) is 31.1. The molecule has 1 N–H and O–H groups in total. The minimum Gasteiger partial charge on any atom is -0.316 e. The molecular weight excluding hydrogens is 639 g/mol. The Kier molecular flexibility index (Phi) is 7.27. The third-order valence-corrected chi connectivity index (χ3v) is 11.6. The van der Waals surface area contributed by atoms with Gasteiger partial charge in [-0.2, -0.15) is 0 Å². The Morgan fingerprint density at radius 2 is 1.02 bits per heavy atom. The number of fused-ring (bicyclic) bond motifs is 2. The van der Waals surface area contributed by atoms with E-state index in [1.807, 2.05) is 31.2 Å². The van der Waals surface area contributed by atoms with E-state index in [1.54, 1.807) is 24.3 Å². The molecule has 49 heavy (non-hydrogen) atoms. The molecule has 2 heterocycles. The minimum atomic E-state index is -3.56. The Balaban J connectivity index is 1.22. The maximum absolute atomic E-state index is 14.1. The molecule has 2 aliphatic heterocycles. The van der Waals surface area contributed by atoms with Gasteiger partial charge in [-0.25, -0.2) is 13.3 Å². The zero-order valence-electron chi connectivity index (χ0n) is 27.1. The summed E-state index contributed by atoms with van der Waals surface area (Å²) in [6.45, 7) is 5.44. The molecule has 4 amide bonds. The zero-order valence-corrected chi connectivity index (χ0v) is 27.9. The van der Waals surface area contributed by atoms with Gasteiger partial charge in [-0.15, -0.1) is 0 Å². The van der Waals surface area contributed by atoms with Crippen molar-refractivity contribution in [3.63, 3.8) is 0 Å². The molecular formula is C39H33N3O6S. The van der Waals surface area contributed by atoms with Crippen LogP contribution in [0, 0.1) is 0 Å². The molecule has 0 bridgehead atoms. The van der Waals surface area contributed by atoms with E-state index < -0.39 is 21.7 Å². The molecule has 0 atom stereocenters. The van der Waals surface area contributed by atoms with Crippen LogP contribution in [-0.2, 0) is 9.84 Å². The third-order valence-electron chi connectivity index (χ3n) is 9.88. The number of anilines is 1. The van der Waals surface area contributed by atoms with Crippen LogP contribution in [0.15, 0.2) is 77.7 Å². The highest BCUT2D eigenvalue weighted by molar-refractivity contribution is 7.91. The van der Waals surface area contributed by atoms with Gasteiger partial charge in [-0.05, 0) is 100 Å². The predicted octanol–water partition coefficient (Wildman–Crippen LogP) is 6.71. The molecule has 0 aliphatic carbocycles. The van der Waals surface area contributed by atoms with E-state index in [9.17, 15) is 27.6 Å². The Bertz CT molecular complexity index is 2400. The number of benzene rings is 6. The maximum atomic E-state index is 14.1. The van der Waals surface area contributed by atoms with Gasteiger partial charge < -0.3 is 5.32 Å². The van der Waals surface area contributed by atoms with Gasteiger partial charge in [0.1, 0.15) is 0 Å². The zero-order chi connectivity index (χ0) is 34.2. The van der Waals surface area contributed by atoms with Crippen LogP contribution in [0.25, 0.3) is 43.1 Å². The van der Waals surface area contributed by atoms with E-state index >= 15 is 0 Å². The van der Waals surface area contributed by atoms with E-state index in [0.717, 1.165) is 56.6 Å². The lowest BCUT2D eigenvalue weighted by Gasteiger charge is -2.30. The molecule has 6 aromatic carbocycles. The summed E-state index contributed by atoms with van der Waals surface area (Å²) < 4.78 is 25.9. The molecule has 6 aromatic rings. The summed E-state index contributed by atoms with van der Waals surface area (Å²) in [5.41, 5.74) is 1.98. The van der Waals surface area contributed by atoms with Crippen molar-refractivity contribution in [2.75, 3.05) is 30.3 Å². The molecule has 0 unspecified atom stereocenters. The number of carbonyl (C=O) groups excluding carboxylic acids is 4. The number of rotatable bonds is 10. The number of nitrogens with zero attached hydrogens (tertiary/aromatic N) is 2. The summed E-state index contributed by atoms with van der Waals surface area (Å²) in [6, 6.07) is 20.4. The lowest BCUT2D eigenvalue weighted by molar-refractivity contribution is 0.0610. The summed E-state index contributed by atoms with van der Waals surface area (Å²) in [5, 5.41) is 9.20. The Morgan fingerprint density at radius 3 is 1.47 bits per heavy atom. The molecule has 0 saturated heterocycles. The Hall–Kier alpha value is -5.19. The van der Waals surface area contributed by atoms with Crippen molar-refractivity contribution < 1.29 is 27.6 Å². The van der Waals surface area contributed by atoms with Gasteiger partial charge in [0, 0.05) is 46.1 Å². The molecule has 2 aliphatic rings. The minimum absolute atomic E-state index is 0.0545. The van der Waals surface area contributed by atoms with Crippen LogP contribution in [0.2, 0.25) is 0 Å². The van der Waals surface area contributed by atoms with Gasteiger partial charge in [0.05, 0.1) is 16.3 Å². The fourth-order valence-electron chi connectivity index (χ4n) is 7.53. The standard InChI is InChI=1S/C39H33N3O6S/c1-3-5-18-40-19-21-49(47,48)23-8-6-22(7-9-23)42-38(45)30-16-12-26-24-10-14-28-34-29(37(44)41(20-4-2)36(28)43)15-11-25(32(24)34)27-13-17-31(39(42)46)35(30)33(26)27/h6-17,40H,3-5,18-21H2,1-2H3. The average Bonchev–Trinajstić information content (AvgIpc) is 3.11. The number of unbranched alkanes of at least 4 members (excludes halogenated alkanes) is 1. The fourth-order valence-corrected chi connectivity index (χ4v) is 8.73. The van der Waals surface area contributed by atoms with Gasteiger partial charge in [-0.3, -0.25) is 24.1 Å². The normalized spacial score (nSPS) is 14.8. The van der Waals surface area contributed by atoms with E-state index in [2.05, 4.69) is 12.2 Å². The first-order chi connectivity index (χ1) is 23.7. The number of hydrogen-bond acceptors (Lipinski definition) is 7. The summed E-state index contributed by atoms with van der Waals surface area (Å²) in [5.74, 6) is -1.66. The summed E-state index contributed by atoms with van der Waals surface area (Å²) in [6.07, 6.45) is 2.65. The quantitative estimate of drug-likeness (QED) is 0.0744. The summed E-state index contributed by atoms with van der Waals surface area (Å²) in [4.78, 5) is 57.6. The number of sulfone groups is 1. The van der Waals surface area contributed by atoms with Crippen LogP contribution in [0.3, 0.4) is 0 Å². The second kappa shape index (κ2) is 11.5. The molecule has 0 fully saturated rings. The molecule has 0 spiro atoms. The van der Waals surface area contributed by atoms with E-state index in [4.69, 9.17) is 0 Å². The monoisotopic (exact) mass is 671 g/mol. The first-order valence-electron chi connectivity index (χ1n) is 16.7.